The first-order valence-corrected chi connectivity index (χ1v) is 7.89. The van der Waals surface area contributed by atoms with E-state index in [0.29, 0.717) is 12.5 Å². The minimum absolute atomic E-state index is 0.0900. The van der Waals surface area contributed by atoms with Crippen LogP contribution in [0.15, 0.2) is 23.4 Å². The normalized spacial score (nSPS) is 17.5. The van der Waals surface area contributed by atoms with Crippen LogP contribution in [0.5, 0.6) is 0 Å². The molecule has 0 bridgehead atoms. The zero-order valence-electron chi connectivity index (χ0n) is 10.3. The molecule has 0 unspecified atom stereocenters. The van der Waals surface area contributed by atoms with Crippen molar-refractivity contribution in [2.24, 2.45) is 5.92 Å². The van der Waals surface area contributed by atoms with E-state index in [1.54, 1.807) is 7.05 Å². The summed E-state index contributed by atoms with van der Waals surface area (Å²) in [6.07, 6.45) is 7.42. The van der Waals surface area contributed by atoms with Crippen molar-refractivity contribution >= 4 is 21.6 Å². The van der Waals surface area contributed by atoms with E-state index in [1.165, 1.54) is 35.6 Å². The van der Waals surface area contributed by atoms with Crippen LogP contribution in [-0.4, -0.2) is 31.3 Å². The number of hydrogen-bond donors (Lipinski definition) is 0. The molecule has 0 N–H and O–H groups in total. The lowest BCUT2D eigenvalue weighted by atomic mass is 10.1. The summed E-state index contributed by atoms with van der Waals surface area (Å²) >= 11 is 5.92. The number of nitrogens with zero attached hydrogens (tertiary/aromatic N) is 2. The predicted molar refractivity (Wildman–Crippen MR) is 71.0 cm³/mol. The van der Waals surface area contributed by atoms with Crippen LogP contribution in [0, 0.1) is 5.92 Å². The summed E-state index contributed by atoms with van der Waals surface area (Å²) in [5.74, 6) is 0.472. The fourth-order valence-corrected chi connectivity index (χ4v) is 4.02. The molecule has 1 aliphatic rings. The van der Waals surface area contributed by atoms with E-state index in [2.05, 4.69) is 4.98 Å². The number of aromatic nitrogens is 1. The summed E-state index contributed by atoms with van der Waals surface area (Å²) in [5, 5.41) is 0.225. The lowest BCUT2D eigenvalue weighted by Crippen LogP contribution is -2.31. The topological polar surface area (TPSA) is 50.3 Å². The van der Waals surface area contributed by atoms with E-state index in [4.69, 9.17) is 11.6 Å². The van der Waals surface area contributed by atoms with Gasteiger partial charge in [0.2, 0.25) is 10.0 Å². The number of rotatable bonds is 4. The molecule has 0 aromatic carbocycles. The summed E-state index contributed by atoms with van der Waals surface area (Å²) in [7, 11) is -1.91. The molecule has 1 aliphatic carbocycles. The average molecular weight is 289 g/mol. The molecule has 0 atom stereocenters. The van der Waals surface area contributed by atoms with Crippen LogP contribution in [0.2, 0.25) is 5.02 Å². The third kappa shape index (κ3) is 2.84. The lowest BCUT2D eigenvalue weighted by molar-refractivity contribution is 0.387. The first-order valence-electron chi connectivity index (χ1n) is 6.07. The van der Waals surface area contributed by atoms with Crippen molar-refractivity contribution in [3.8, 4) is 0 Å². The molecule has 0 aliphatic heterocycles. The van der Waals surface area contributed by atoms with Gasteiger partial charge in [-0.3, -0.25) is 4.98 Å². The smallest absolute Gasteiger partial charge is 0.245 e. The van der Waals surface area contributed by atoms with E-state index in [9.17, 15) is 8.42 Å². The van der Waals surface area contributed by atoms with Crippen molar-refractivity contribution < 1.29 is 8.42 Å². The molecule has 6 heteroatoms. The van der Waals surface area contributed by atoms with Crippen molar-refractivity contribution in [3.05, 3.63) is 23.5 Å². The largest absolute Gasteiger partial charge is 0.263 e. The fourth-order valence-electron chi connectivity index (χ4n) is 2.38. The summed E-state index contributed by atoms with van der Waals surface area (Å²) in [6, 6.07) is 1.50. The van der Waals surface area contributed by atoms with Gasteiger partial charge in [0, 0.05) is 26.0 Å². The van der Waals surface area contributed by atoms with E-state index in [0.717, 1.165) is 12.8 Å². The predicted octanol–water partition coefficient (Wildman–Crippen LogP) is 2.55. The number of hydrogen-bond acceptors (Lipinski definition) is 3. The van der Waals surface area contributed by atoms with Crippen LogP contribution in [-0.2, 0) is 10.0 Å². The molecule has 0 amide bonds. The van der Waals surface area contributed by atoms with Gasteiger partial charge in [0.25, 0.3) is 0 Å². The molecule has 1 fully saturated rings. The molecule has 0 radical (unpaired) electrons. The zero-order valence-corrected chi connectivity index (χ0v) is 11.9. The van der Waals surface area contributed by atoms with Gasteiger partial charge in [0.05, 0.1) is 5.02 Å². The molecule has 0 spiro atoms. The van der Waals surface area contributed by atoms with Gasteiger partial charge in [-0.2, -0.15) is 0 Å². The molecule has 100 valence electrons. The van der Waals surface area contributed by atoms with Gasteiger partial charge < -0.3 is 0 Å². The van der Waals surface area contributed by atoms with Crippen LogP contribution in [0.25, 0.3) is 0 Å². The van der Waals surface area contributed by atoms with Gasteiger partial charge in [-0.1, -0.05) is 24.4 Å². The SMILES string of the molecule is CN(CC1CCCC1)S(=O)(=O)c1cnccc1Cl. The van der Waals surface area contributed by atoms with Crippen molar-refractivity contribution in [1.82, 2.24) is 9.29 Å². The Morgan fingerprint density at radius 3 is 2.72 bits per heavy atom. The highest BCUT2D eigenvalue weighted by atomic mass is 35.5. The monoisotopic (exact) mass is 288 g/mol. The van der Waals surface area contributed by atoms with Crippen LogP contribution >= 0.6 is 11.6 Å². The Hall–Kier alpha value is -0.650. The van der Waals surface area contributed by atoms with Gasteiger partial charge in [-0.25, -0.2) is 12.7 Å². The second-order valence-electron chi connectivity index (χ2n) is 4.74. The summed E-state index contributed by atoms with van der Waals surface area (Å²) in [4.78, 5) is 3.93. The molecule has 1 saturated carbocycles. The van der Waals surface area contributed by atoms with Crippen molar-refractivity contribution in [3.63, 3.8) is 0 Å². The van der Waals surface area contributed by atoms with Gasteiger partial charge in [-0.15, -0.1) is 0 Å². The molecule has 18 heavy (non-hydrogen) atoms. The lowest BCUT2D eigenvalue weighted by Gasteiger charge is -2.21. The molecular formula is C12H17ClN2O2S. The average Bonchev–Trinajstić information content (AvgIpc) is 2.82. The van der Waals surface area contributed by atoms with Crippen molar-refractivity contribution in [2.75, 3.05) is 13.6 Å². The van der Waals surface area contributed by atoms with E-state index in [1.807, 2.05) is 0 Å². The first kappa shape index (κ1) is 13.8. The Kier molecular flexibility index (Phi) is 4.25. The Bertz CT molecular complexity index is 513. The Morgan fingerprint density at radius 1 is 1.44 bits per heavy atom. The van der Waals surface area contributed by atoms with Crippen LogP contribution < -0.4 is 0 Å². The van der Waals surface area contributed by atoms with Gasteiger partial charge in [0.1, 0.15) is 4.90 Å². The van der Waals surface area contributed by atoms with Crippen molar-refractivity contribution in [1.29, 1.82) is 0 Å². The van der Waals surface area contributed by atoms with Crippen molar-refractivity contribution in [2.45, 2.75) is 30.6 Å². The molecule has 4 nitrogen and oxygen atoms in total. The third-order valence-corrected chi connectivity index (χ3v) is 5.70. The Labute approximate surface area is 113 Å². The second-order valence-corrected chi connectivity index (χ2v) is 7.16. The minimum Gasteiger partial charge on any atom is -0.263 e. The maximum absolute atomic E-state index is 12.3. The van der Waals surface area contributed by atoms with Crippen LogP contribution in [0.4, 0.5) is 0 Å². The summed E-state index contributed by atoms with van der Waals surface area (Å²) in [6.45, 7) is 0.563. The first-order chi connectivity index (χ1) is 8.51. The Balaban J connectivity index is 2.17. The molecule has 2 rings (SSSR count). The maximum atomic E-state index is 12.3. The number of halogens is 1. The number of sulfonamides is 1. The molecular weight excluding hydrogens is 272 g/mol. The van der Waals surface area contributed by atoms with Crippen LogP contribution in [0.1, 0.15) is 25.7 Å². The minimum atomic E-state index is -3.52. The molecule has 1 heterocycles. The molecule has 0 saturated heterocycles. The zero-order chi connectivity index (χ0) is 13.2. The highest BCUT2D eigenvalue weighted by Crippen LogP contribution is 2.28. The molecule has 1 aromatic heterocycles. The number of pyridine rings is 1. The quantitative estimate of drug-likeness (QED) is 0.855. The van der Waals surface area contributed by atoms with Gasteiger partial charge >= 0.3 is 0 Å². The van der Waals surface area contributed by atoms with Gasteiger partial charge in [-0.05, 0) is 24.8 Å². The summed E-state index contributed by atoms with van der Waals surface area (Å²) < 4.78 is 26.1. The van der Waals surface area contributed by atoms with E-state index in [-0.39, 0.29) is 9.92 Å². The fraction of sp³-hybridized carbons (Fsp3) is 0.583. The Morgan fingerprint density at radius 2 is 2.11 bits per heavy atom. The van der Waals surface area contributed by atoms with E-state index < -0.39 is 10.0 Å². The second kappa shape index (κ2) is 5.55. The van der Waals surface area contributed by atoms with E-state index >= 15 is 0 Å². The van der Waals surface area contributed by atoms with Gasteiger partial charge in [0.15, 0.2) is 0 Å². The highest BCUT2D eigenvalue weighted by Gasteiger charge is 2.27. The standard InChI is InChI=1S/C12H17ClN2O2S/c1-15(9-10-4-2-3-5-10)18(16,17)12-8-14-7-6-11(12)13/h6-8,10H,2-5,9H2,1H3. The highest BCUT2D eigenvalue weighted by molar-refractivity contribution is 7.89. The summed E-state index contributed by atoms with van der Waals surface area (Å²) in [5.41, 5.74) is 0. The maximum Gasteiger partial charge on any atom is 0.245 e. The molecule has 1 aromatic rings. The van der Waals surface area contributed by atoms with Crippen LogP contribution in [0.3, 0.4) is 0 Å². The third-order valence-electron chi connectivity index (χ3n) is 3.41.